The van der Waals surface area contributed by atoms with Crippen LogP contribution in [0.25, 0.3) is 5.69 Å². The molecule has 2 heterocycles. The van der Waals surface area contributed by atoms with Gasteiger partial charge in [-0.2, -0.15) is 18.3 Å². The van der Waals surface area contributed by atoms with E-state index in [1.54, 1.807) is 24.2 Å². The highest BCUT2D eigenvalue weighted by Crippen LogP contribution is 2.34. The highest BCUT2D eigenvalue weighted by molar-refractivity contribution is 5.87. The van der Waals surface area contributed by atoms with Gasteiger partial charge >= 0.3 is 6.18 Å². The second-order valence-electron chi connectivity index (χ2n) is 5.43. The number of likely N-dealkylation sites (N-methyl/N-ethyl adjacent to an activating group) is 1. The van der Waals surface area contributed by atoms with Crippen LogP contribution < -0.4 is 5.32 Å². The van der Waals surface area contributed by atoms with Crippen molar-refractivity contribution in [3.63, 3.8) is 0 Å². The molecule has 3 rings (SSSR count). The SMILES string of the molecule is CN1CCC(Nc2cc(C(F)(F)F)ccc2-n2cccn2)C1=O. The molecule has 2 aromatic rings. The quantitative estimate of drug-likeness (QED) is 0.944. The largest absolute Gasteiger partial charge is 0.416 e. The minimum atomic E-state index is -4.45. The van der Waals surface area contributed by atoms with Crippen LogP contribution >= 0.6 is 0 Å². The van der Waals surface area contributed by atoms with Crippen LogP contribution in [0.2, 0.25) is 0 Å². The van der Waals surface area contributed by atoms with Crippen LogP contribution in [0.15, 0.2) is 36.7 Å². The second kappa shape index (κ2) is 5.60. The molecule has 8 heteroatoms. The maximum absolute atomic E-state index is 13.0. The molecule has 1 N–H and O–H groups in total. The normalized spacial score (nSPS) is 18.5. The number of anilines is 1. The minimum Gasteiger partial charge on any atom is -0.372 e. The molecule has 1 amide bonds. The van der Waals surface area contributed by atoms with E-state index < -0.39 is 17.8 Å². The number of hydrogen-bond donors (Lipinski definition) is 1. The number of aromatic nitrogens is 2. The van der Waals surface area contributed by atoms with Crippen LogP contribution in [0.3, 0.4) is 0 Å². The third-order valence-electron chi connectivity index (χ3n) is 3.83. The molecule has 0 saturated carbocycles. The van der Waals surface area contributed by atoms with Crippen molar-refractivity contribution in [2.75, 3.05) is 18.9 Å². The lowest BCUT2D eigenvalue weighted by atomic mass is 10.1. The molecule has 1 aliphatic heterocycles. The molecule has 23 heavy (non-hydrogen) atoms. The molecule has 1 fully saturated rings. The first-order chi connectivity index (χ1) is 10.9. The van der Waals surface area contributed by atoms with Crippen molar-refractivity contribution in [3.05, 3.63) is 42.2 Å². The van der Waals surface area contributed by atoms with Gasteiger partial charge in [-0.25, -0.2) is 4.68 Å². The predicted molar refractivity (Wildman–Crippen MR) is 78.2 cm³/mol. The van der Waals surface area contributed by atoms with Crippen molar-refractivity contribution in [3.8, 4) is 5.69 Å². The summed E-state index contributed by atoms with van der Waals surface area (Å²) < 4.78 is 40.4. The lowest BCUT2D eigenvalue weighted by molar-refractivity contribution is -0.137. The van der Waals surface area contributed by atoms with E-state index in [9.17, 15) is 18.0 Å². The molecule has 1 atom stereocenters. The van der Waals surface area contributed by atoms with E-state index >= 15 is 0 Å². The van der Waals surface area contributed by atoms with Gasteiger partial charge in [0, 0.05) is 26.0 Å². The summed E-state index contributed by atoms with van der Waals surface area (Å²) in [7, 11) is 1.67. The number of carbonyl (C=O) groups is 1. The number of alkyl halides is 3. The third-order valence-corrected chi connectivity index (χ3v) is 3.83. The van der Waals surface area contributed by atoms with Gasteiger partial charge in [-0.15, -0.1) is 0 Å². The minimum absolute atomic E-state index is 0.131. The smallest absolute Gasteiger partial charge is 0.372 e. The summed E-state index contributed by atoms with van der Waals surface area (Å²) in [5, 5.41) is 6.99. The Morgan fingerprint density at radius 1 is 1.35 bits per heavy atom. The van der Waals surface area contributed by atoms with E-state index in [0.29, 0.717) is 18.7 Å². The lowest BCUT2D eigenvalue weighted by Gasteiger charge is -2.18. The molecule has 1 unspecified atom stereocenters. The summed E-state index contributed by atoms with van der Waals surface area (Å²) in [5.74, 6) is -0.131. The van der Waals surface area contributed by atoms with Crippen LogP contribution in [0.5, 0.6) is 0 Å². The van der Waals surface area contributed by atoms with Gasteiger partial charge < -0.3 is 10.2 Å². The summed E-state index contributed by atoms with van der Waals surface area (Å²) >= 11 is 0. The van der Waals surface area contributed by atoms with Gasteiger partial charge in [0.25, 0.3) is 0 Å². The Kier molecular flexibility index (Phi) is 3.75. The third kappa shape index (κ3) is 3.01. The molecule has 1 aliphatic rings. The molecule has 0 spiro atoms. The van der Waals surface area contributed by atoms with Gasteiger partial charge in [-0.05, 0) is 30.7 Å². The Morgan fingerprint density at radius 3 is 2.70 bits per heavy atom. The number of carbonyl (C=O) groups excluding carboxylic acids is 1. The molecule has 0 radical (unpaired) electrons. The molecule has 0 aliphatic carbocycles. The van der Waals surface area contributed by atoms with E-state index in [-0.39, 0.29) is 11.6 Å². The van der Waals surface area contributed by atoms with Gasteiger partial charge in [-0.3, -0.25) is 4.79 Å². The highest BCUT2D eigenvalue weighted by atomic mass is 19.4. The van der Waals surface area contributed by atoms with E-state index in [1.807, 2.05) is 0 Å². The Labute approximate surface area is 130 Å². The Bertz CT molecular complexity index is 712. The zero-order chi connectivity index (χ0) is 16.6. The molecule has 122 valence electrons. The van der Waals surface area contributed by atoms with Crippen LogP contribution in [0.1, 0.15) is 12.0 Å². The van der Waals surface area contributed by atoms with Crippen LogP contribution in [0.4, 0.5) is 18.9 Å². The molecule has 1 aromatic heterocycles. The summed E-state index contributed by atoms with van der Waals surface area (Å²) in [6, 6.07) is 4.52. The Balaban J connectivity index is 1.99. The fourth-order valence-electron chi connectivity index (χ4n) is 2.58. The van der Waals surface area contributed by atoms with Crippen molar-refractivity contribution in [2.45, 2.75) is 18.6 Å². The number of halogens is 3. The second-order valence-corrected chi connectivity index (χ2v) is 5.43. The van der Waals surface area contributed by atoms with Crippen molar-refractivity contribution in [1.29, 1.82) is 0 Å². The summed E-state index contributed by atoms with van der Waals surface area (Å²) in [6.07, 6.45) is -0.730. The van der Waals surface area contributed by atoms with Crippen molar-refractivity contribution in [2.24, 2.45) is 0 Å². The summed E-state index contributed by atoms with van der Waals surface area (Å²) in [5.41, 5.74) is -0.0720. The highest BCUT2D eigenvalue weighted by Gasteiger charge is 2.33. The monoisotopic (exact) mass is 324 g/mol. The molecule has 5 nitrogen and oxygen atoms in total. The van der Waals surface area contributed by atoms with E-state index in [1.165, 1.54) is 16.9 Å². The van der Waals surface area contributed by atoms with Crippen molar-refractivity contribution in [1.82, 2.24) is 14.7 Å². The van der Waals surface area contributed by atoms with Crippen molar-refractivity contribution >= 4 is 11.6 Å². The summed E-state index contributed by atoms with van der Waals surface area (Å²) in [4.78, 5) is 13.6. The zero-order valence-corrected chi connectivity index (χ0v) is 12.3. The molecular formula is C15H15F3N4O. The fourth-order valence-corrected chi connectivity index (χ4v) is 2.58. The van der Waals surface area contributed by atoms with Crippen LogP contribution in [0, 0.1) is 0 Å². The maximum atomic E-state index is 13.0. The first kappa shape index (κ1) is 15.4. The average molecular weight is 324 g/mol. The number of benzene rings is 1. The first-order valence-corrected chi connectivity index (χ1v) is 7.09. The van der Waals surface area contributed by atoms with Gasteiger partial charge in [0.2, 0.25) is 5.91 Å². The molecule has 1 saturated heterocycles. The lowest BCUT2D eigenvalue weighted by Crippen LogP contribution is -2.31. The van der Waals surface area contributed by atoms with E-state index in [0.717, 1.165) is 12.1 Å². The average Bonchev–Trinajstić information content (AvgIpc) is 3.12. The van der Waals surface area contributed by atoms with Crippen molar-refractivity contribution < 1.29 is 18.0 Å². The predicted octanol–water partition coefficient (Wildman–Crippen LogP) is 2.53. The molecular weight excluding hydrogens is 309 g/mol. The van der Waals surface area contributed by atoms with Crippen LogP contribution in [-0.4, -0.2) is 40.2 Å². The van der Waals surface area contributed by atoms with Gasteiger partial charge in [0.05, 0.1) is 16.9 Å². The topological polar surface area (TPSA) is 50.2 Å². The number of likely N-dealkylation sites (tertiary alicyclic amines) is 1. The number of rotatable bonds is 3. The van der Waals surface area contributed by atoms with E-state index in [2.05, 4.69) is 10.4 Å². The number of amides is 1. The summed E-state index contributed by atoms with van der Waals surface area (Å²) in [6.45, 7) is 0.576. The van der Waals surface area contributed by atoms with Gasteiger partial charge in [-0.1, -0.05) is 0 Å². The number of nitrogens with zero attached hydrogens (tertiary/aromatic N) is 3. The first-order valence-electron chi connectivity index (χ1n) is 7.09. The molecule has 0 bridgehead atoms. The van der Waals surface area contributed by atoms with Crippen LogP contribution in [-0.2, 0) is 11.0 Å². The maximum Gasteiger partial charge on any atom is 0.416 e. The van der Waals surface area contributed by atoms with Gasteiger partial charge in [0.1, 0.15) is 6.04 Å². The van der Waals surface area contributed by atoms with E-state index in [4.69, 9.17) is 0 Å². The zero-order valence-electron chi connectivity index (χ0n) is 12.3. The Morgan fingerprint density at radius 2 is 2.13 bits per heavy atom. The number of hydrogen-bond acceptors (Lipinski definition) is 3. The number of nitrogens with one attached hydrogen (secondary N) is 1. The Hall–Kier alpha value is -2.51. The standard InChI is InChI=1S/C15H15F3N4O/c1-21-8-5-11(14(21)23)20-12-9-10(15(16,17)18)3-4-13(12)22-7-2-6-19-22/h2-4,6-7,9,11,20H,5,8H2,1H3. The van der Waals surface area contributed by atoms with Gasteiger partial charge in [0.15, 0.2) is 0 Å². The molecule has 1 aromatic carbocycles. The fraction of sp³-hybridized carbons (Fsp3) is 0.333.